The van der Waals surface area contributed by atoms with E-state index in [2.05, 4.69) is 43.4 Å². The Hall–Kier alpha value is -1.51. The zero-order valence-electron chi connectivity index (χ0n) is 12.8. The molecule has 112 valence electrons. The van der Waals surface area contributed by atoms with Gasteiger partial charge in [-0.05, 0) is 55.3 Å². The Kier molecular flexibility index (Phi) is 5.66. The van der Waals surface area contributed by atoms with Crippen LogP contribution in [0.2, 0.25) is 5.02 Å². The molecule has 0 saturated heterocycles. The van der Waals surface area contributed by atoms with Gasteiger partial charge in [-0.1, -0.05) is 42.8 Å². The smallest absolute Gasteiger partial charge is 0.119 e. The highest BCUT2D eigenvalue weighted by Crippen LogP contribution is 2.29. The standard InChI is InChI=1S/C18H22ClNO/c1-4-20-13(3)17-11-8-15(12-18(17)19)14-6-9-16(10-7-14)21-5-2/h6-13,20H,4-5H2,1-3H3. The van der Waals surface area contributed by atoms with Crippen molar-refractivity contribution < 1.29 is 4.74 Å². The second kappa shape index (κ2) is 7.48. The Bertz CT molecular complexity index is 580. The molecule has 0 aliphatic heterocycles. The van der Waals surface area contributed by atoms with E-state index in [-0.39, 0.29) is 6.04 Å². The van der Waals surface area contributed by atoms with E-state index < -0.39 is 0 Å². The summed E-state index contributed by atoms with van der Waals surface area (Å²) in [4.78, 5) is 0. The number of ether oxygens (including phenoxy) is 1. The van der Waals surface area contributed by atoms with Gasteiger partial charge in [-0.15, -0.1) is 0 Å². The van der Waals surface area contributed by atoms with E-state index in [0.717, 1.165) is 34.0 Å². The minimum Gasteiger partial charge on any atom is -0.494 e. The van der Waals surface area contributed by atoms with E-state index >= 15 is 0 Å². The van der Waals surface area contributed by atoms with Gasteiger partial charge < -0.3 is 10.1 Å². The van der Waals surface area contributed by atoms with E-state index in [9.17, 15) is 0 Å². The number of benzene rings is 2. The van der Waals surface area contributed by atoms with Gasteiger partial charge in [-0.2, -0.15) is 0 Å². The molecule has 0 heterocycles. The maximum absolute atomic E-state index is 6.43. The summed E-state index contributed by atoms with van der Waals surface area (Å²) < 4.78 is 5.46. The second-order valence-corrected chi connectivity index (χ2v) is 5.38. The third-order valence-corrected chi connectivity index (χ3v) is 3.80. The molecule has 21 heavy (non-hydrogen) atoms. The van der Waals surface area contributed by atoms with Crippen molar-refractivity contribution in [3.63, 3.8) is 0 Å². The topological polar surface area (TPSA) is 21.3 Å². The molecule has 1 atom stereocenters. The summed E-state index contributed by atoms with van der Waals surface area (Å²) in [5, 5.41) is 4.18. The summed E-state index contributed by atoms with van der Waals surface area (Å²) >= 11 is 6.43. The molecule has 2 aromatic rings. The fraction of sp³-hybridized carbons (Fsp3) is 0.333. The quantitative estimate of drug-likeness (QED) is 0.804. The first-order valence-corrected chi connectivity index (χ1v) is 7.79. The number of rotatable bonds is 6. The molecule has 3 heteroatoms. The average Bonchev–Trinajstić information content (AvgIpc) is 2.48. The Labute approximate surface area is 132 Å². The van der Waals surface area contributed by atoms with Crippen LogP contribution in [0, 0.1) is 0 Å². The van der Waals surface area contributed by atoms with Crippen molar-refractivity contribution in [1.82, 2.24) is 5.32 Å². The molecule has 0 aliphatic rings. The van der Waals surface area contributed by atoms with Crippen LogP contribution in [0.3, 0.4) is 0 Å². The third kappa shape index (κ3) is 3.99. The number of nitrogens with one attached hydrogen (secondary N) is 1. The monoisotopic (exact) mass is 303 g/mol. The average molecular weight is 304 g/mol. The Morgan fingerprint density at radius 1 is 1.05 bits per heavy atom. The molecule has 0 radical (unpaired) electrons. The minimum absolute atomic E-state index is 0.261. The van der Waals surface area contributed by atoms with Crippen molar-refractivity contribution in [1.29, 1.82) is 0 Å². The van der Waals surface area contributed by atoms with Gasteiger partial charge >= 0.3 is 0 Å². The highest BCUT2D eigenvalue weighted by Gasteiger charge is 2.09. The first-order valence-electron chi connectivity index (χ1n) is 7.41. The lowest BCUT2D eigenvalue weighted by Crippen LogP contribution is -2.17. The maximum Gasteiger partial charge on any atom is 0.119 e. The lowest BCUT2D eigenvalue weighted by Gasteiger charge is -2.15. The normalized spacial score (nSPS) is 12.2. The predicted octanol–water partition coefficient (Wildman–Crippen LogP) is 5.08. The summed E-state index contributed by atoms with van der Waals surface area (Å²) in [6.07, 6.45) is 0. The van der Waals surface area contributed by atoms with Crippen molar-refractivity contribution in [2.75, 3.05) is 13.2 Å². The molecule has 0 bridgehead atoms. The molecule has 2 nitrogen and oxygen atoms in total. The fourth-order valence-corrected chi connectivity index (χ4v) is 2.73. The van der Waals surface area contributed by atoms with E-state index in [4.69, 9.17) is 16.3 Å². The third-order valence-electron chi connectivity index (χ3n) is 3.48. The first-order chi connectivity index (χ1) is 10.2. The summed E-state index contributed by atoms with van der Waals surface area (Å²) in [6, 6.07) is 14.6. The van der Waals surface area contributed by atoms with Crippen LogP contribution in [0.25, 0.3) is 11.1 Å². The van der Waals surface area contributed by atoms with Crippen LogP contribution < -0.4 is 10.1 Å². The Morgan fingerprint density at radius 3 is 2.29 bits per heavy atom. The van der Waals surface area contributed by atoms with Crippen LogP contribution in [0.1, 0.15) is 32.4 Å². The lowest BCUT2D eigenvalue weighted by molar-refractivity contribution is 0.340. The van der Waals surface area contributed by atoms with Gasteiger partial charge in [0.2, 0.25) is 0 Å². The van der Waals surface area contributed by atoms with Gasteiger partial charge in [0, 0.05) is 11.1 Å². The molecule has 2 aromatic carbocycles. The van der Waals surface area contributed by atoms with E-state index in [0.29, 0.717) is 6.61 Å². The van der Waals surface area contributed by atoms with Crippen LogP contribution >= 0.6 is 11.6 Å². The van der Waals surface area contributed by atoms with Gasteiger partial charge in [0.25, 0.3) is 0 Å². The number of hydrogen-bond acceptors (Lipinski definition) is 2. The van der Waals surface area contributed by atoms with Crippen molar-refractivity contribution in [2.24, 2.45) is 0 Å². The number of hydrogen-bond donors (Lipinski definition) is 1. The van der Waals surface area contributed by atoms with Crippen molar-refractivity contribution in [3.8, 4) is 16.9 Å². The molecule has 0 fully saturated rings. The number of halogens is 1. The second-order valence-electron chi connectivity index (χ2n) is 4.97. The molecular formula is C18H22ClNO. The van der Waals surface area contributed by atoms with E-state index in [1.54, 1.807) is 0 Å². The summed E-state index contributed by atoms with van der Waals surface area (Å²) in [7, 11) is 0. The SMILES string of the molecule is CCNC(C)c1ccc(-c2ccc(OCC)cc2)cc1Cl. The van der Waals surface area contributed by atoms with E-state index in [1.165, 1.54) is 0 Å². The molecule has 0 aliphatic carbocycles. The summed E-state index contributed by atoms with van der Waals surface area (Å²) in [6.45, 7) is 7.82. The Morgan fingerprint density at radius 2 is 1.71 bits per heavy atom. The molecule has 0 spiro atoms. The molecule has 1 N–H and O–H groups in total. The highest BCUT2D eigenvalue weighted by atomic mass is 35.5. The van der Waals surface area contributed by atoms with Gasteiger partial charge in [-0.25, -0.2) is 0 Å². The van der Waals surface area contributed by atoms with Crippen molar-refractivity contribution >= 4 is 11.6 Å². The zero-order chi connectivity index (χ0) is 15.2. The Balaban J connectivity index is 2.23. The van der Waals surface area contributed by atoms with Crippen molar-refractivity contribution in [3.05, 3.63) is 53.1 Å². The molecular weight excluding hydrogens is 282 g/mol. The zero-order valence-corrected chi connectivity index (χ0v) is 13.6. The molecule has 0 aromatic heterocycles. The van der Waals surface area contributed by atoms with Crippen LogP contribution in [0.5, 0.6) is 5.75 Å². The van der Waals surface area contributed by atoms with Crippen LogP contribution in [0.15, 0.2) is 42.5 Å². The van der Waals surface area contributed by atoms with Crippen LogP contribution in [-0.4, -0.2) is 13.2 Å². The maximum atomic E-state index is 6.43. The van der Waals surface area contributed by atoms with Crippen molar-refractivity contribution in [2.45, 2.75) is 26.8 Å². The summed E-state index contributed by atoms with van der Waals surface area (Å²) in [5.74, 6) is 0.893. The molecule has 0 saturated carbocycles. The highest BCUT2D eigenvalue weighted by molar-refractivity contribution is 6.31. The van der Waals surface area contributed by atoms with Crippen LogP contribution in [-0.2, 0) is 0 Å². The fourth-order valence-electron chi connectivity index (χ4n) is 2.38. The molecule has 0 amide bonds. The van der Waals surface area contributed by atoms with Gasteiger partial charge in [0.05, 0.1) is 6.61 Å². The molecule has 2 rings (SSSR count). The van der Waals surface area contributed by atoms with Gasteiger partial charge in [0.15, 0.2) is 0 Å². The van der Waals surface area contributed by atoms with E-state index in [1.807, 2.05) is 25.1 Å². The molecule has 1 unspecified atom stereocenters. The predicted molar refractivity (Wildman–Crippen MR) is 90.1 cm³/mol. The largest absolute Gasteiger partial charge is 0.494 e. The minimum atomic E-state index is 0.261. The first kappa shape index (κ1) is 15.9. The van der Waals surface area contributed by atoms with Gasteiger partial charge in [-0.3, -0.25) is 0 Å². The summed E-state index contributed by atoms with van der Waals surface area (Å²) in [5.41, 5.74) is 3.40. The lowest BCUT2D eigenvalue weighted by atomic mass is 10.0. The van der Waals surface area contributed by atoms with Crippen LogP contribution in [0.4, 0.5) is 0 Å². The van der Waals surface area contributed by atoms with Gasteiger partial charge in [0.1, 0.15) is 5.75 Å².